The van der Waals surface area contributed by atoms with E-state index >= 15 is 0 Å². The van der Waals surface area contributed by atoms with Gasteiger partial charge in [0.15, 0.2) is 0 Å². The fraction of sp³-hybridized carbons (Fsp3) is 0.531. The highest BCUT2D eigenvalue weighted by atomic mass is 32.2. The zero-order valence-electron chi connectivity index (χ0n) is 23.4. The summed E-state index contributed by atoms with van der Waals surface area (Å²) in [5.74, 6) is -0.488. The van der Waals surface area contributed by atoms with Gasteiger partial charge in [0.2, 0.25) is 0 Å². The third-order valence-electron chi connectivity index (χ3n) is 7.32. The lowest BCUT2D eigenvalue weighted by atomic mass is 9.94. The molecule has 1 heterocycles. The second-order valence-corrected chi connectivity index (χ2v) is 11.8. The van der Waals surface area contributed by atoms with Crippen LogP contribution in [0.4, 0.5) is 0 Å². The molecule has 1 unspecified atom stereocenters. The number of esters is 1. The van der Waals surface area contributed by atoms with Crippen LogP contribution in [0.3, 0.4) is 0 Å². The van der Waals surface area contributed by atoms with Crippen molar-refractivity contribution in [3.63, 3.8) is 0 Å². The van der Waals surface area contributed by atoms with Crippen molar-refractivity contribution in [1.29, 1.82) is 0 Å². The predicted octanol–water partition coefficient (Wildman–Crippen LogP) is 7.36. The lowest BCUT2D eigenvalue weighted by Crippen LogP contribution is -2.41. The summed E-state index contributed by atoms with van der Waals surface area (Å²) in [7, 11) is -1.19. The van der Waals surface area contributed by atoms with Crippen LogP contribution in [-0.2, 0) is 20.3 Å². The summed E-state index contributed by atoms with van der Waals surface area (Å²) in [6.45, 7) is 6.19. The van der Waals surface area contributed by atoms with Crippen molar-refractivity contribution >= 4 is 39.4 Å². The van der Waals surface area contributed by atoms with Crippen molar-refractivity contribution in [2.45, 2.75) is 95.3 Å². The van der Waals surface area contributed by atoms with Gasteiger partial charge >= 0.3 is 5.97 Å². The highest BCUT2D eigenvalue weighted by molar-refractivity contribution is 7.85. The SMILES string of the molecule is C=CC(=O)OCCCCCN1C(=O)c2cccc3c(S(=O)CCCCCCCCCCCC)ccc(c23)C1=O. The number of carbonyl (C=O) groups is 3. The summed E-state index contributed by atoms with van der Waals surface area (Å²) >= 11 is 0. The van der Waals surface area contributed by atoms with Gasteiger partial charge in [-0.2, -0.15) is 0 Å². The number of unbranched alkanes of at least 4 members (excludes halogenated alkanes) is 11. The third kappa shape index (κ3) is 8.59. The fourth-order valence-corrected chi connectivity index (χ4v) is 6.45. The predicted molar refractivity (Wildman–Crippen MR) is 157 cm³/mol. The molecule has 1 aliphatic rings. The van der Waals surface area contributed by atoms with Gasteiger partial charge in [0.05, 0.1) is 17.4 Å². The van der Waals surface area contributed by atoms with E-state index in [-0.39, 0.29) is 18.4 Å². The number of imide groups is 1. The minimum atomic E-state index is -1.19. The highest BCUT2D eigenvalue weighted by Gasteiger charge is 2.33. The van der Waals surface area contributed by atoms with Gasteiger partial charge in [0.1, 0.15) is 0 Å². The lowest BCUT2D eigenvalue weighted by molar-refractivity contribution is -0.137. The fourth-order valence-electron chi connectivity index (χ4n) is 5.13. The Bertz CT molecular complexity index is 1150. The van der Waals surface area contributed by atoms with E-state index in [0.717, 1.165) is 30.7 Å². The molecule has 7 heteroatoms. The Morgan fingerprint density at radius 2 is 1.46 bits per heavy atom. The van der Waals surface area contributed by atoms with Gasteiger partial charge in [-0.1, -0.05) is 83.4 Å². The topological polar surface area (TPSA) is 80.8 Å². The zero-order valence-corrected chi connectivity index (χ0v) is 24.2. The van der Waals surface area contributed by atoms with E-state index in [2.05, 4.69) is 13.5 Å². The Balaban J connectivity index is 1.54. The minimum Gasteiger partial charge on any atom is -0.463 e. The second kappa shape index (κ2) is 16.3. The molecule has 0 spiro atoms. The molecule has 2 amide bonds. The van der Waals surface area contributed by atoms with Crippen LogP contribution in [0.5, 0.6) is 0 Å². The first-order valence-corrected chi connectivity index (χ1v) is 15.9. The number of nitrogens with zero attached hydrogens (tertiary/aromatic N) is 1. The monoisotopic (exact) mass is 553 g/mol. The van der Waals surface area contributed by atoms with Crippen molar-refractivity contribution in [2.75, 3.05) is 18.9 Å². The molecular formula is C32H43NO5S. The number of ether oxygens (including phenoxy) is 1. The van der Waals surface area contributed by atoms with E-state index < -0.39 is 16.8 Å². The maximum atomic E-state index is 13.3. The van der Waals surface area contributed by atoms with Gasteiger partial charge < -0.3 is 4.74 Å². The summed E-state index contributed by atoms with van der Waals surface area (Å²) in [5.41, 5.74) is 0.972. The molecule has 2 aromatic rings. The first-order chi connectivity index (χ1) is 19.0. The number of hydrogen-bond acceptors (Lipinski definition) is 5. The zero-order chi connectivity index (χ0) is 28.0. The van der Waals surface area contributed by atoms with Gasteiger partial charge in [-0.15, -0.1) is 0 Å². The van der Waals surface area contributed by atoms with Crippen LogP contribution in [0.15, 0.2) is 47.9 Å². The normalized spacial score (nSPS) is 13.6. The molecule has 0 N–H and O–H groups in total. The van der Waals surface area contributed by atoms with Crippen LogP contribution < -0.4 is 0 Å². The van der Waals surface area contributed by atoms with Gasteiger partial charge in [-0.05, 0) is 49.3 Å². The molecule has 212 valence electrons. The molecule has 0 fully saturated rings. The molecule has 0 saturated heterocycles. The Labute approximate surface area is 235 Å². The van der Waals surface area contributed by atoms with Gasteiger partial charge in [-0.3, -0.25) is 18.7 Å². The second-order valence-electron chi connectivity index (χ2n) is 10.3. The summed E-state index contributed by atoms with van der Waals surface area (Å²) < 4.78 is 18.2. The molecule has 39 heavy (non-hydrogen) atoms. The molecule has 2 aromatic carbocycles. The molecule has 0 saturated carbocycles. The molecule has 3 rings (SSSR count). The van der Waals surface area contributed by atoms with E-state index in [4.69, 9.17) is 4.74 Å². The first-order valence-electron chi connectivity index (χ1n) is 14.6. The van der Waals surface area contributed by atoms with Crippen molar-refractivity contribution in [2.24, 2.45) is 0 Å². The molecule has 6 nitrogen and oxygen atoms in total. The highest BCUT2D eigenvalue weighted by Crippen LogP contribution is 2.34. The van der Waals surface area contributed by atoms with Crippen molar-refractivity contribution < 1.29 is 23.3 Å². The summed E-state index contributed by atoms with van der Waals surface area (Å²) in [4.78, 5) is 39.7. The number of benzene rings is 2. The van der Waals surface area contributed by atoms with E-state index in [1.807, 2.05) is 12.1 Å². The minimum absolute atomic E-state index is 0.286. The molecule has 1 atom stereocenters. The molecule has 0 aliphatic carbocycles. The van der Waals surface area contributed by atoms with Crippen molar-refractivity contribution in [1.82, 2.24) is 4.90 Å². The van der Waals surface area contributed by atoms with Gasteiger partial charge in [0, 0.05) is 39.8 Å². The summed E-state index contributed by atoms with van der Waals surface area (Å²) in [6.07, 6.45) is 15.4. The summed E-state index contributed by atoms with van der Waals surface area (Å²) in [5, 5.41) is 1.36. The number of hydrogen-bond donors (Lipinski definition) is 0. The molecule has 1 aliphatic heterocycles. The van der Waals surface area contributed by atoms with E-state index in [1.54, 1.807) is 18.2 Å². The average molecular weight is 554 g/mol. The van der Waals surface area contributed by atoms with E-state index in [1.165, 1.54) is 56.3 Å². The smallest absolute Gasteiger partial charge is 0.330 e. The third-order valence-corrected chi connectivity index (χ3v) is 8.82. The Kier molecular flexibility index (Phi) is 12.9. The molecule has 0 aromatic heterocycles. The van der Waals surface area contributed by atoms with Crippen LogP contribution >= 0.6 is 0 Å². The van der Waals surface area contributed by atoms with E-state index in [0.29, 0.717) is 46.5 Å². The summed E-state index contributed by atoms with van der Waals surface area (Å²) in [6, 6.07) is 8.95. The van der Waals surface area contributed by atoms with Crippen molar-refractivity contribution in [3.05, 3.63) is 54.1 Å². The first kappa shape index (κ1) is 30.7. The van der Waals surface area contributed by atoms with Crippen LogP contribution in [0, 0.1) is 0 Å². The van der Waals surface area contributed by atoms with Crippen LogP contribution in [-0.4, -0.2) is 45.8 Å². The Morgan fingerprint density at radius 1 is 0.846 bits per heavy atom. The molecule has 0 radical (unpaired) electrons. The van der Waals surface area contributed by atoms with Crippen LogP contribution in [0.2, 0.25) is 0 Å². The number of carbonyl (C=O) groups excluding carboxylic acids is 3. The largest absolute Gasteiger partial charge is 0.463 e. The van der Waals surface area contributed by atoms with Gasteiger partial charge in [-0.25, -0.2) is 4.79 Å². The lowest BCUT2D eigenvalue weighted by Gasteiger charge is -2.27. The Hall–Kier alpha value is -2.80. The molecular weight excluding hydrogens is 510 g/mol. The standard InChI is InChI=1S/C32H43NO5S/c1-3-5-6-7-8-9-10-11-12-16-24-39(37)28-21-20-27-30-25(28)18-17-19-26(30)31(35)33(32(27)36)22-14-13-15-23-38-29(34)4-2/h4,17-21H,2-3,5-16,22-24H2,1H3. The maximum Gasteiger partial charge on any atom is 0.330 e. The number of rotatable bonds is 19. The Morgan fingerprint density at radius 3 is 2.13 bits per heavy atom. The number of amides is 2. The van der Waals surface area contributed by atoms with Gasteiger partial charge in [0.25, 0.3) is 11.8 Å². The van der Waals surface area contributed by atoms with Crippen molar-refractivity contribution in [3.8, 4) is 0 Å². The quantitative estimate of drug-likeness (QED) is 0.0785. The maximum absolute atomic E-state index is 13.3. The molecule has 0 bridgehead atoms. The van der Waals surface area contributed by atoms with Crippen LogP contribution in [0.25, 0.3) is 10.8 Å². The average Bonchev–Trinajstić information content (AvgIpc) is 2.95. The van der Waals surface area contributed by atoms with Crippen LogP contribution in [0.1, 0.15) is 111 Å². The van der Waals surface area contributed by atoms with E-state index in [9.17, 15) is 18.6 Å².